The lowest BCUT2D eigenvalue weighted by Crippen LogP contribution is -1.79. The van der Waals surface area contributed by atoms with Crippen LogP contribution >= 0.6 is 91.2 Å². The van der Waals surface area contributed by atoms with Crippen molar-refractivity contribution < 1.29 is 0 Å². The zero-order chi connectivity index (χ0) is 14.9. The number of benzene rings is 2. The van der Waals surface area contributed by atoms with Gasteiger partial charge in [0.25, 0.3) is 0 Å². The van der Waals surface area contributed by atoms with E-state index in [1.54, 1.807) is 24.3 Å². The SMILES string of the molecule is Clc1ccc(Cl)c(SSc2c(Cl)ccc(Cl)c2Cl)c1Cl. The van der Waals surface area contributed by atoms with E-state index >= 15 is 0 Å². The van der Waals surface area contributed by atoms with Crippen molar-refractivity contribution in [2.24, 2.45) is 0 Å². The van der Waals surface area contributed by atoms with Crippen LogP contribution in [0.4, 0.5) is 0 Å². The molecule has 0 aliphatic rings. The monoisotopic (exact) mass is 422 g/mol. The number of halogens is 6. The summed E-state index contributed by atoms with van der Waals surface area (Å²) in [6.45, 7) is 0. The quantitative estimate of drug-likeness (QED) is 0.358. The minimum absolute atomic E-state index is 0.394. The van der Waals surface area contributed by atoms with E-state index in [9.17, 15) is 0 Å². The summed E-state index contributed by atoms with van der Waals surface area (Å²) in [5, 5.41) is 2.67. The summed E-state index contributed by atoms with van der Waals surface area (Å²) < 4.78 is 0. The van der Waals surface area contributed by atoms with Crippen molar-refractivity contribution in [2.45, 2.75) is 9.79 Å². The van der Waals surface area contributed by atoms with Crippen molar-refractivity contribution in [1.82, 2.24) is 0 Å². The van der Waals surface area contributed by atoms with Crippen molar-refractivity contribution in [3.63, 3.8) is 0 Å². The summed E-state index contributed by atoms with van der Waals surface area (Å²) in [5.41, 5.74) is 0. The molecular weight excluding hydrogens is 421 g/mol. The molecule has 8 heteroatoms. The summed E-state index contributed by atoms with van der Waals surface area (Å²) in [6.07, 6.45) is 0. The van der Waals surface area contributed by atoms with Gasteiger partial charge in [0.05, 0.1) is 39.9 Å². The summed E-state index contributed by atoms with van der Waals surface area (Å²) >= 11 is 36.4. The second kappa shape index (κ2) is 7.43. The molecule has 0 amide bonds. The second-order valence-electron chi connectivity index (χ2n) is 3.51. The van der Waals surface area contributed by atoms with E-state index in [-0.39, 0.29) is 0 Å². The molecule has 0 aliphatic carbocycles. The molecular formula is C12H4Cl6S2. The highest BCUT2D eigenvalue weighted by atomic mass is 35.5. The molecule has 0 bridgehead atoms. The first-order valence-corrected chi connectivity index (χ1v) is 9.45. The molecule has 0 nitrogen and oxygen atoms in total. The van der Waals surface area contributed by atoms with Gasteiger partial charge in [-0.3, -0.25) is 0 Å². The van der Waals surface area contributed by atoms with Crippen molar-refractivity contribution in [3.05, 3.63) is 54.4 Å². The van der Waals surface area contributed by atoms with Crippen LogP contribution in [-0.4, -0.2) is 0 Å². The molecule has 0 radical (unpaired) electrons. The molecule has 0 N–H and O–H groups in total. The van der Waals surface area contributed by atoms with Crippen LogP contribution in [0.15, 0.2) is 34.1 Å². The Morgan fingerprint density at radius 2 is 0.800 bits per heavy atom. The standard InChI is InChI=1S/C12H4Cl6S2/c13-5-1-3-7(15)11(9(5)17)19-20-12-8(16)4-2-6(14)10(12)18/h1-4H. The molecule has 0 fully saturated rings. The van der Waals surface area contributed by atoms with Crippen LogP contribution in [0, 0.1) is 0 Å². The van der Waals surface area contributed by atoms with Crippen molar-refractivity contribution in [3.8, 4) is 0 Å². The number of hydrogen-bond donors (Lipinski definition) is 0. The van der Waals surface area contributed by atoms with Gasteiger partial charge in [0.1, 0.15) is 0 Å². The van der Waals surface area contributed by atoms with Gasteiger partial charge in [0.15, 0.2) is 0 Å². The van der Waals surface area contributed by atoms with Crippen molar-refractivity contribution >= 4 is 91.2 Å². The highest BCUT2D eigenvalue weighted by molar-refractivity contribution is 8.76. The van der Waals surface area contributed by atoms with E-state index in [0.717, 1.165) is 0 Å². The third kappa shape index (κ3) is 3.80. The highest BCUT2D eigenvalue weighted by Crippen LogP contribution is 2.50. The van der Waals surface area contributed by atoms with Gasteiger partial charge < -0.3 is 0 Å². The van der Waals surface area contributed by atoms with E-state index in [2.05, 4.69) is 0 Å². The molecule has 0 atom stereocenters. The number of rotatable bonds is 3. The Bertz CT molecular complexity index is 601. The molecule has 0 heterocycles. The average Bonchev–Trinajstić information content (AvgIpc) is 2.42. The second-order valence-corrected chi connectivity index (χ2v) is 8.05. The molecule has 0 saturated heterocycles. The molecule has 0 spiro atoms. The maximum Gasteiger partial charge on any atom is 0.0751 e. The fourth-order valence-corrected chi connectivity index (χ4v) is 5.80. The Hall–Kier alpha value is 0.880. The minimum atomic E-state index is 0.394. The van der Waals surface area contributed by atoms with Crippen molar-refractivity contribution in [2.75, 3.05) is 0 Å². The van der Waals surface area contributed by atoms with Gasteiger partial charge in [-0.05, 0) is 45.9 Å². The lowest BCUT2D eigenvalue weighted by molar-refractivity contribution is 1.46. The molecule has 2 aromatic carbocycles. The molecule has 0 saturated carbocycles. The predicted molar refractivity (Wildman–Crippen MR) is 94.7 cm³/mol. The lowest BCUT2D eigenvalue weighted by atomic mass is 10.4. The smallest absolute Gasteiger partial charge is 0.0751 e. The largest absolute Gasteiger partial charge is 0.0830 e. The van der Waals surface area contributed by atoms with Crippen LogP contribution in [0.3, 0.4) is 0 Å². The van der Waals surface area contributed by atoms with Crippen LogP contribution in [-0.2, 0) is 0 Å². The topological polar surface area (TPSA) is 0 Å². The fourth-order valence-electron chi connectivity index (χ4n) is 1.25. The first-order chi connectivity index (χ1) is 9.41. The molecule has 0 unspecified atom stereocenters. The Morgan fingerprint density at radius 1 is 0.500 bits per heavy atom. The third-order valence-corrected chi connectivity index (χ3v) is 7.41. The molecule has 0 aromatic heterocycles. The van der Waals surface area contributed by atoms with E-state index < -0.39 is 0 Å². The maximum atomic E-state index is 6.13. The number of hydrogen-bond acceptors (Lipinski definition) is 2. The van der Waals surface area contributed by atoms with E-state index in [0.29, 0.717) is 39.9 Å². The van der Waals surface area contributed by atoms with Crippen LogP contribution in [0.1, 0.15) is 0 Å². The minimum Gasteiger partial charge on any atom is -0.0830 e. The van der Waals surface area contributed by atoms with Crippen LogP contribution < -0.4 is 0 Å². The van der Waals surface area contributed by atoms with E-state index in [1.165, 1.54) is 21.6 Å². The first-order valence-electron chi connectivity index (χ1n) is 5.03. The van der Waals surface area contributed by atoms with Crippen LogP contribution in [0.5, 0.6) is 0 Å². The molecule has 20 heavy (non-hydrogen) atoms. The third-order valence-electron chi connectivity index (χ3n) is 2.21. The summed E-state index contributed by atoms with van der Waals surface area (Å²) in [4.78, 5) is 1.30. The zero-order valence-corrected chi connectivity index (χ0v) is 15.6. The zero-order valence-electron chi connectivity index (χ0n) is 9.39. The van der Waals surface area contributed by atoms with Crippen LogP contribution in [0.25, 0.3) is 0 Å². The first kappa shape index (κ1) is 17.2. The van der Waals surface area contributed by atoms with Gasteiger partial charge in [-0.1, -0.05) is 69.6 Å². The van der Waals surface area contributed by atoms with Gasteiger partial charge in [-0.15, -0.1) is 0 Å². The Kier molecular flexibility index (Phi) is 6.40. The Morgan fingerprint density at radius 3 is 1.15 bits per heavy atom. The summed E-state index contributed by atoms with van der Waals surface area (Å²) in [7, 11) is 2.64. The van der Waals surface area contributed by atoms with E-state index in [4.69, 9.17) is 69.6 Å². The lowest BCUT2D eigenvalue weighted by Gasteiger charge is -2.10. The molecule has 2 rings (SSSR count). The predicted octanol–water partition coefficient (Wildman–Crippen LogP) is 8.41. The van der Waals surface area contributed by atoms with Gasteiger partial charge >= 0.3 is 0 Å². The molecule has 2 aromatic rings. The Balaban J connectivity index is 2.31. The van der Waals surface area contributed by atoms with Crippen LogP contribution in [0.2, 0.25) is 30.1 Å². The van der Waals surface area contributed by atoms with Gasteiger partial charge in [0, 0.05) is 0 Å². The van der Waals surface area contributed by atoms with E-state index in [1.807, 2.05) is 0 Å². The van der Waals surface area contributed by atoms with Gasteiger partial charge in [-0.25, -0.2) is 0 Å². The Labute approximate surface area is 154 Å². The summed E-state index contributed by atoms with van der Waals surface area (Å²) in [6, 6.07) is 6.64. The normalized spacial score (nSPS) is 10.9. The van der Waals surface area contributed by atoms with Gasteiger partial charge in [0.2, 0.25) is 0 Å². The highest BCUT2D eigenvalue weighted by Gasteiger charge is 2.15. The van der Waals surface area contributed by atoms with Gasteiger partial charge in [-0.2, -0.15) is 0 Å². The van der Waals surface area contributed by atoms with Crippen molar-refractivity contribution in [1.29, 1.82) is 0 Å². The average molecular weight is 425 g/mol. The molecule has 0 aliphatic heterocycles. The fraction of sp³-hybridized carbons (Fsp3) is 0. The summed E-state index contributed by atoms with van der Waals surface area (Å²) in [5.74, 6) is 0. The maximum absolute atomic E-state index is 6.13. The molecule has 106 valence electrons.